The third-order valence-corrected chi connectivity index (χ3v) is 4.77. The van der Waals surface area contributed by atoms with Crippen LogP contribution in [0.15, 0.2) is 48.7 Å². The van der Waals surface area contributed by atoms with E-state index < -0.39 is 29.3 Å². The predicted octanol–water partition coefficient (Wildman–Crippen LogP) is 3.45. The molecule has 0 unspecified atom stereocenters. The Labute approximate surface area is 168 Å². The molecule has 0 atom stereocenters. The van der Waals surface area contributed by atoms with Gasteiger partial charge in [0, 0.05) is 17.5 Å². The van der Waals surface area contributed by atoms with E-state index in [0.717, 1.165) is 17.0 Å². The predicted molar refractivity (Wildman–Crippen MR) is 103 cm³/mol. The first-order chi connectivity index (χ1) is 13.9. The summed E-state index contributed by atoms with van der Waals surface area (Å²) in [6.45, 7) is -0.258. The summed E-state index contributed by atoms with van der Waals surface area (Å²) in [6.07, 6.45) is 1.83. The third-order valence-electron chi connectivity index (χ3n) is 3.86. The molecule has 0 bridgehead atoms. The number of rotatable bonds is 7. The fourth-order valence-electron chi connectivity index (χ4n) is 2.53. The zero-order valence-corrected chi connectivity index (χ0v) is 15.9. The first kappa shape index (κ1) is 20.5. The minimum Gasteiger partial charge on any atom is -0.347 e. The van der Waals surface area contributed by atoms with Crippen molar-refractivity contribution in [2.75, 3.05) is 11.9 Å². The molecule has 0 radical (unpaired) electrons. The minimum absolute atomic E-state index is 0.0410. The van der Waals surface area contributed by atoms with Crippen molar-refractivity contribution in [3.8, 4) is 0 Å². The standard InChI is InChI=1S/C20H16F3N3O2S/c21-14-3-1-2-12(6-14)9-18(27)24-11-19(28)26-20-25-10-15(29-20)7-13-4-5-16(22)17(23)8-13/h1-6,8,10H,7,9,11H2,(H,24,27)(H,25,26,28). The van der Waals surface area contributed by atoms with Gasteiger partial charge in [0.15, 0.2) is 16.8 Å². The minimum atomic E-state index is -0.922. The Balaban J connectivity index is 1.47. The van der Waals surface area contributed by atoms with Gasteiger partial charge in [-0.1, -0.05) is 18.2 Å². The van der Waals surface area contributed by atoms with E-state index in [1.165, 1.54) is 41.8 Å². The van der Waals surface area contributed by atoms with Crippen LogP contribution in [0.2, 0.25) is 0 Å². The summed E-state index contributed by atoms with van der Waals surface area (Å²) in [4.78, 5) is 28.6. The topological polar surface area (TPSA) is 71.1 Å². The van der Waals surface area contributed by atoms with Crippen LogP contribution in [0.1, 0.15) is 16.0 Å². The quantitative estimate of drug-likeness (QED) is 0.616. The Morgan fingerprint density at radius 2 is 1.79 bits per heavy atom. The second kappa shape index (κ2) is 9.33. The molecule has 2 aromatic carbocycles. The van der Waals surface area contributed by atoms with Crippen molar-refractivity contribution in [1.82, 2.24) is 10.3 Å². The van der Waals surface area contributed by atoms with Crippen molar-refractivity contribution >= 4 is 28.3 Å². The van der Waals surface area contributed by atoms with Crippen LogP contribution in [0.3, 0.4) is 0 Å². The SMILES string of the molecule is O=C(Cc1cccc(F)c1)NCC(=O)Nc1ncc(Cc2ccc(F)c(F)c2)s1. The number of nitrogens with zero attached hydrogens (tertiary/aromatic N) is 1. The van der Waals surface area contributed by atoms with Gasteiger partial charge in [-0.25, -0.2) is 18.2 Å². The molecule has 0 spiro atoms. The van der Waals surface area contributed by atoms with Gasteiger partial charge in [0.2, 0.25) is 11.8 Å². The van der Waals surface area contributed by atoms with Crippen molar-refractivity contribution in [3.05, 3.63) is 82.1 Å². The summed E-state index contributed by atoms with van der Waals surface area (Å²) < 4.78 is 39.4. The van der Waals surface area contributed by atoms with Crippen molar-refractivity contribution in [2.45, 2.75) is 12.8 Å². The van der Waals surface area contributed by atoms with Crippen LogP contribution in [0.4, 0.5) is 18.3 Å². The summed E-state index contributed by atoms with van der Waals surface area (Å²) in [6, 6.07) is 9.30. The lowest BCUT2D eigenvalue weighted by Crippen LogP contribution is -2.33. The normalized spacial score (nSPS) is 10.6. The summed E-state index contributed by atoms with van der Waals surface area (Å²) in [7, 11) is 0. The maximum absolute atomic E-state index is 13.3. The lowest BCUT2D eigenvalue weighted by atomic mass is 10.1. The van der Waals surface area contributed by atoms with Crippen LogP contribution in [0.5, 0.6) is 0 Å². The maximum atomic E-state index is 13.3. The molecule has 0 aliphatic heterocycles. The van der Waals surface area contributed by atoms with Crippen molar-refractivity contribution in [3.63, 3.8) is 0 Å². The Hall–Kier alpha value is -3.20. The van der Waals surface area contributed by atoms with Crippen LogP contribution >= 0.6 is 11.3 Å². The average molecular weight is 419 g/mol. The van der Waals surface area contributed by atoms with Crippen molar-refractivity contribution < 1.29 is 22.8 Å². The molecule has 29 heavy (non-hydrogen) atoms. The van der Waals surface area contributed by atoms with Gasteiger partial charge in [-0.05, 0) is 35.4 Å². The van der Waals surface area contributed by atoms with Gasteiger partial charge in [-0.3, -0.25) is 9.59 Å². The molecule has 1 heterocycles. The molecule has 3 rings (SSSR count). The molecule has 3 aromatic rings. The summed E-state index contributed by atoms with van der Waals surface area (Å²) in [5, 5.41) is 5.34. The monoisotopic (exact) mass is 419 g/mol. The van der Waals surface area contributed by atoms with Crippen LogP contribution in [-0.2, 0) is 22.4 Å². The van der Waals surface area contributed by atoms with Gasteiger partial charge in [-0.15, -0.1) is 11.3 Å². The molecule has 0 saturated heterocycles. The van der Waals surface area contributed by atoms with E-state index in [2.05, 4.69) is 15.6 Å². The number of halogens is 3. The number of hydrogen-bond donors (Lipinski definition) is 2. The van der Waals surface area contributed by atoms with E-state index in [0.29, 0.717) is 22.7 Å². The lowest BCUT2D eigenvalue weighted by Gasteiger charge is -2.05. The fourth-order valence-corrected chi connectivity index (χ4v) is 3.40. The van der Waals surface area contributed by atoms with Crippen LogP contribution in [0.25, 0.3) is 0 Å². The van der Waals surface area contributed by atoms with E-state index >= 15 is 0 Å². The number of hydrogen-bond acceptors (Lipinski definition) is 4. The molecule has 150 valence electrons. The number of amides is 2. The van der Waals surface area contributed by atoms with Gasteiger partial charge in [0.25, 0.3) is 0 Å². The number of carbonyl (C=O) groups is 2. The first-order valence-electron chi connectivity index (χ1n) is 8.58. The second-order valence-electron chi connectivity index (χ2n) is 6.19. The molecule has 9 heteroatoms. The second-order valence-corrected chi connectivity index (χ2v) is 7.30. The molecule has 0 saturated carbocycles. The zero-order chi connectivity index (χ0) is 20.8. The van der Waals surface area contributed by atoms with Gasteiger partial charge >= 0.3 is 0 Å². The summed E-state index contributed by atoms with van der Waals surface area (Å²) in [5.41, 5.74) is 1.08. The maximum Gasteiger partial charge on any atom is 0.245 e. The smallest absolute Gasteiger partial charge is 0.245 e. The highest BCUT2D eigenvalue weighted by Gasteiger charge is 2.11. The van der Waals surface area contributed by atoms with Gasteiger partial charge in [0.05, 0.1) is 13.0 Å². The molecule has 0 fully saturated rings. The fraction of sp³-hybridized carbons (Fsp3) is 0.150. The van der Waals surface area contributed by atoms with Crippen LogP contribution < -0.4 is 10.6 Å². The highest BCUT2D eigenvalue weighted by Crippen LogP contribution is 2.22. The lowest BCUT2D eigenvalue weighted by molar-refractivity contribution is -0.123. The average Bonchev–Trinajstić information content (AvgIpc) is 3.10. The van der Waals surface area contributed by atoms with Gasteiger partial charge in [0.1, 0.15) is 5.82 Å². The number of carbonyl (C=O) groups excluding carboxylic acids is 2. The van der Waals surface area contributed by atoms with Crippen LogP contribution in [0, 0.1) is 17.5 Å². The Morgan fingerprint density at radius 3 is 2.55 bits per heavy atom. The largest absolute Gasteiger partial charge is 0.347 e. The van der Waals surface area contributed by atoms with E-state index in [1.54, 1.807) is 6.07 Å². The Bertz CT molecular complexity index is 1040. The highest BCUT2D eigenvalue weighted by molar-refractivity contribution is 7.15. The molecule has 5 nitrogen and oxygen atoms in total. The third kappa shape index (κ3) is 6.15. The molecule has 0 aliphatic rings. The van der Waals surface area contributed by atoms with Gasteiger partial charge in [-0.2, -0.15) is 0 Å². The van der Waals surface area contributed by atoms with Crippen molar-refractivity contribution in [1.29, 1.82) is 0 Å². The van der Waals surface area contributed by atoms with Crippen molar-refractivity contribution in [2.24, 2.45) is 0 Å². The number of benzene rings is 2. The molecular weight excluding hydrogens is 403 g/mol. The number of aromatic nitrogens is 1. The summed E-state index contributed by atoms with van der Waals surface area (Å²) >= 11 is 1.19. The van der Waals surface area contributed by atoms with E-state index in [4.69, 9.17) is 0 Å². The number of nitrogens with one attached hydrogen (secondary N) is 2. The van der Waals surface area contributed by atoms with E-state index in [-0.39, 0.29) is 13.0 Å². The van der Waals surface area contributed by atoms with Gasteiger partial charge < -0.3 is 10.6 Å². The Morgan fingerprint density at radius 1 is 0.966 bits per heavy atom. The molecule has 1 aromatic heterocycles. The molecular formula is C20H16F3N3O2S. The van der Waals surface area contributed by atoms with Crippen LogP contribution in [-0.4, -0.2) is 23.3 Å². The zero-order valence-electron chi connectivity index (χ0n) is 15.0. The highest BCUT2D eigenvalue weighted by atomic mass is 32.1. The molecule has 2 amide bonds. The van der Waals surface area contributed by atoms with E-state index in [1.807, 2.05) is 0 Å². The van der Waals surface area contributed by atoms with E-state index in [9.17, 15) is 22.8 Å². The number of thiazole rings is 1. The first-order valence-corrected chi connectivity index (χ1v) is 9.40. The molecule has 2 N–H and O–H groups in total. The summed E-state index contributed by atoms with van der Waals surface area (Å²) in [5.74, 6) is -3.15. The Kier molecular flexibility index (Phi) is 6.61. The molecule has 0 aliphatic carbocycles. The number of anilines is 1.